The van der Waals surface area contributed by atoms with Crippen LogP contribution in [0.15, 0.2) is 42.6 Å². The van der Waals surface area contributed by atoms with Gasteiger partial charge in [0.15, 0.2) is 0 Å². The maximum atomic E-state index is 12.9. The average Bonchev–Trinajstić information content (AvgIpc) is 3.19. The van der Waals surface area contributed by atoms with Gasteiger partial charge in [-0.15, -0.1) is 0 Å². The molecule has 0 radical (unpaired) electrons. The van der Waals surface area contributed by atoms with Gasteiger partial charge < -0.3 is 15.1 Å². The van der Waals surface area contributed by atoms with Crippen molar-refractivity contribution in [3.8, 4) is 0 Å². The number of aromatic nitrogens is 2. The van der Waals surface area contributed by atoms with E-state index in [0.29, 0.717) is 5.95 Å². The first-order chi connectivity index (χ1) is 13.1. The third kappa shape index (κ3) is 4.38. The zero-order valence-electron chi connectivity index (χ0n) is 16.4. The summed E-state index contributed by atoms with van der Waals surface area (Å²) in [5.41, 5.74) is 1.18. The van der Waals surface area contributed by atoms with Gasteiger partial charge in [0.2, 0.25) is 11.9 Å². The molecule has 1 aliphatic rings. The Morgan fingerprint density at radius 1 is 1.26 bits per heavy atom. The van der Waals surface area contributed by atoms with Crippen molar-refractivity contribution in [2.45, 2.75) is 45.7 Å². The van der Waals surface area contributed by atoms with Crippen molar-refractivity contribution >= 4 is 17.7 Å². The average molecular weight is 367 g/mol. The standard InChI is InChI=1S/C21H29N5O/c1-4-25(5-2)20(27)18-12-9-15-26(18)19-13-14-22-21(24-19)23-16(3)17-10-7-6-8-11-17/h6-8,10-11,13-14,16,18H,4-5,9,12,15H2,1-3H3,(H,22,23,24)/t16-,18-/m0/s1. The van der Waals surface area contributed by atoms with Crippen LogP contribution in [0, 0.1) is 0 Å². The highest BCUT2D eigenvalue weighted by Crippen LogP contribution is 2.26. The van der Waals surface area contributed by atoms with Gasteiger partial charge in [0.25, 0.3) is 0 Å². The van der Waals surface area contributed by atoms with E-state index in [4.69, 9.17) is 4.98 Å². The maximum absolute atomic E-state index is 12.9. The topological polar surface area (TPSA) is 61.4 Å². The van der Waals surface area contributed by atoms with E-state index in [0.717, 1.165) is 38.3 Å². The molecule has 1 amide bonds. The lowest BCUT2D eigenvalue weighted by molar-refractivity contribution is -0.132. The summed E-state index contributed by atoms with van der Waals surface area (Å²) in [4.78, 5) is 26.0. The molecule has 0 bridgehead atoms. The van der Waals surface area contributed by atoms with Crippen molar-refractivity contribution in [3.63, 3.8) is 0 Å². The largest absolute Gasteiger partial charge is 0.348 e. The van der Waals surface area contributed by atoms with Crippen LogP contribution in [0.3, 0.4) is 0 Å². The summed E-state index contributed by atoms with van der Waals surface area (Å²) in [6, 6.07) is 12.1. The SMILES string of the molecule is CCN(CC)C(=O)[C@@H]1CCCN1c1ccnc(N[C@@H](C)c2ccccc2)n1. The molecule has 1 fully saturated rings. The van der Waals surface area contributed by atoms with Gasteiger partial charge in [-0.2, -0.15) is 4.98 Å². The molecule has 1 aromatic heterocycles. The van der Waals surface area contributed by atoms with Crippen LogP contribution in [-0.2, 0) is 4.79 Å². The summed E-state index contributed by atoms with van der Waals surface area (Å²) >= 11 is 0. The first kappa shape index (κ1) is 19.1. The molecule has 6 nitrogen and oxygen atoms in total. The van der Waals surface area contributed by atoms with Crippen LogP contribution in [-0.4, -0.2) is 46.5 Å². The van der Waals surface area contributed by atoms with Crippen molar-refractivity contribution in [1.82, 2.24) is 14.9 Å². The van der Waals surface area contributed by atoms with Crippen molar-refractivity contribution in [1.29, 1.82) is 0 Å². The summed E-state index contributed by atoms with van der Waals surface area (Å²) in [6.07, 6.45) is 3.65. The number of hydrogen-bond acceptors (Lipinski definition) is 5. The predicted octanol–water partition coefficient (Wildman–Crippen LogP) is 3.49. The molecule has 1 aliphatic heterocycles. The third-order valence-corrected chi connectivity index (χ3v) is 5.19. The Morgan fingerprint density at radius 2 is 2.00 bits per heavy atom. The minimum Gasteiger partial charge on any atom is -0.348 e. The van der Waals surface area contributed by atoms with E-state index >= 15 is 0 Å². The lowest BCUT2D eigenvalue weighted by Gasteiger charge is -2.29. The smallest absolute Gasteiger partial charge is 0.245 e. The highest BCUT2D eigenvalue weighted by Gasteiger charge is 2.33. The quantitative estimate of drug-likeness (QED) is 0.812. The van der Waals surface area contributed by atoms with Gasteiger partial charge >= 0.3 is 0 Å². The van der Waals surface area contributed by atoms with E-state index in [1.807, 2.05) is 43.0 Å². The summed E-state index contributed by atoms with van der Waals surface area (Å²) in [5.74, 6) is 1.60. The zero-order valence-corrected chi connectivity index (χ0v) is 16.4. The van der Waals surface area contributed by atoms with Gasteiger partial charge in [0.1, 0.15) is 11.9 Å². The normalized spacial score (nSPS) is 17.6. The number of likely N-dealkylation sites (N-methyl/N-ethyl adjacent to an activating group) is 1. The Morgan fingerprint density at radius 3 is 2.70 bits per heavy atom. The Labute approximate surface area is 161 Å². The lowest BCUT2D eigenvalue weighted by Crippen LogP contribution is -2.46. The number of carbonyl (C=O) groups is 1. The highest BCUT2D eigenvalue weighted by molar-refractivity contribution is 5.85. The summed E-state index contributed by atoms with van der Waals surface area (Å²) < 4.78 is 0. The van der Waals surface area contributed by atoms with E-state index in [1.54, 1.807) is 6.20 Å². The van der Waals surface area contributed by atoms with Crippen LogP contribution in [0.4, 0.5) is 11.8 Å². The second-order valence-electron chi connectivity index (χ2n) is 6.88. The number of rotatable bonds is 7. The molecule has 0 spiro atoms. The Bertz CT molecular complexity index is 747. The van der Waals surface area contributed by atoms with Crippen molar-refractivity contribution < 1.29 is 4.79 Å². The number of anilines is 2. The maximum Gasteiger partial charge on any atom is 0.245 e. The molecule has 3 rings (SSSR count). The van der Waals surface area contributed by atoms with E-state index in [-0.39, 0.29) is 18.0 Å². The summed E-state index contributed by atoms with van der Waals surface area (Å²) in [6.45, 7) is 8.47. The molecule has 144 valence electrons. The Hall–Kier alpha value is -2.63. The second-order valence-corrected chi connectivity index (χ2v) is 6.88. The first-order valence-electron chi connectivity index (χ1n) is 9.84. The van der Waals surface area contributed by atoms with E-state index in [1.165, 1.54) is 5.56 Å². The minimum atomic E-state index is -0.126. The predicted molar refractivity (Wildman–Crippen MR) is 109 cm³/mol. The van der Waals surface area contributed by atoms with Gasteiger partial charge in [-0.25, -0.2) is 4.98 Å². The number of nitrogens with one attached hydrogen (secondary N) is 1. The molecule has 1 saturated heterocycles. The van der Waals surface area contributed by atoms with Crippen molar-refractivity contribution in [3.05, 3.63) is 48.2 Å². The zero-order chi connectivity index (χ0) is 19.2. The Kier molecular flexibility index (Phi) is 6.27. The van der Waals surface area contributed by atoms with Gasteiger partial charge in [-0.1, -0.05) is 30.3 Å². The third-order valence-electron chi connectivity index (χ3n) is 5.19. The molecule has 0 aliphatic carbocycles. The van der Waals surface area contributed by atoms with Gasteiger partial charge in [0, 0.05) is 25.8 Å². The molecule has 2 atom stereocenters. The first-order valence-corrected chi connectivity index (χ1v) is 9.84. The van der Waals surface area contributed by atoms with Crippen LogP contribution < -0.4 is 10.2 Å². The molecular formula is C21H29N5O. The molecular weight excluding hydrogens is 338 g/mol. The molecule has 1 aromatic carbocycles. The molecule has 6 heteroatoms. The van der Waals surface area contributed by atoms with Gasteiger partial charge in [-0.3, -0.25) is 4.79 Å². The fourth-order valence-corrected chi connectivity index (χ4v) is 3.64. The highest BCUT2D eigenvalue weighted by atomic mass is 16.2. The van der Waals surface area contributed by atoms with Gasteiger partial charge in [0.05, 0.1) is 6.04 Å². The van der Waals surface area contributed by atoms with E-state index in [9.17, 15) is 4.79 Å². The number of hydrogen-bond donors (Lipinski definition) is 1. The van der Waals surface area contributed by atoms with Gasteiger partial charge in [-0.05, 0) is 45.2 Å². The van der Waals surface area contributed by atoms with Crippen molar-refractivity contribution in [2.75, 3.05) is 29.9 Å². The van der Waals surface area contributed by atoms with Crippen LogP contribution >= 0.6 is 0 Å². The summed E-state index contributed by atoms with van der Waals surface area (Å²) in [5, 5.41) is 3.37. The fraction of sp³-hybridized carbons (Fsp3) is 0.476. The number of nitrogens with zero attached hydrogens (tertiary/aromatic N) is 4. The molecule has 27 heavy (non-hydrogen) atoms. The van der Waals surface area contributed by atoms with E-state index < -0.39 is 0 Å². The summed E-state index contributed by atoms with van der Waals surface area (Å²) in [7, 11) is 0. The van der Waals surface area contributed by atoms with E-state index in [2.05, 4.69) is 34.3 Å². The minimum absolute atomic E-state index is 0.105. The molecule has 0 unspecified atom stereocenters. The number of carbonyl (C=O) groups excluding carboxylic acids is 1. The van der Waals surface area contributed by atoms with Crippen LogP contribution in [0.2, 0.25) is 0 Å². The van der Waals surface area contributed by atoms with Crippen LogP contribution in [0.5, 0.6) is 0 Å². The number of amides is 1. The molecule has 2 heterocycles. The number of benzene rings is 1. The lowest BCUT2D eigenvalue weighted by atomic mass is 10.1. The molecule has 2 aromatic rings. The van der Waals surface area contributed by atoms with Crippen LogP contribution in [0.1, 0.15) is 45.2 Å². The molecule has 0 saturated carbocycles. The molecule has 1 N–H and O–H groups in total. The fourth-order valence-electron chi connectivity index (χ4n) is 3.64. The van der Waals surface area contributed by atoms with Crippen LogP contribution in [0.25, 0.3) is 0 Å². The Balaban J connectivity index is 1.75. The monoisotopic (exact) mass is 367 g/mol. The van der Waals surface area contributed by atoms with Crippen molar-refractivity contribution in [2.24, 2.45) is 0 Å². The second kappa shape index (κ2) is 8.84.